The standard InChI is InChI=1S/C31H36Cl2N2O4/c1-5-21(2)34-31(37)27(18-22-10-7-6-8-11-22)35(20-24-25(32)12-9-13-26(24)33)30(36)17-15-23-14-16-28(38-3)29(19-23)39-4/h6-14,16,19,21,27H,5,15,17-18,20H2,1-4H3,(H,34,37)/t21-,27+/m1/s1. The molecule has 39 heavy (non-hydrogen) atoms. The first-order valence-corrected chi connectivity index (χ1v) is 13.8. The fourth-order valence-corrected chi connectivity index (χ4v) is 4.80. The summed E-state index contributed by atoms with van der Waals surface area (Å²) >= 11 is 13.0. The maximum atomic E-state index is 13.9. The summed E-state index contributed by atoms with van der Waals surface area (Å²) in [6, 6.07) is 19.7. The Balaban J connectivity index is 1.96. The molecule has 0 heterocycles. The van der Waals surface area contributed by atoms with Crippen LogP contribution in [0.3, 0.4) is 0 Å². The Morgan fingerprint density at radius 1 is 0.897 bits per heavy atom. The second-order valence-corrected chi connectivity index (χ2v) is 10.2. The molecule has 2 amide bonds. The number of halogens is 2. The van der Waals surface area contributed by atoms with Crippen LogP contribution in [0.25, 0.3) is 0 Å². The van der Waals surface area contributed by atoms with E-state index in [-0.39, 0.29) is 30.8 Å². The average molecular weight is 572 g/mol. The molecule has 6 nitrogen and oxygen atoms in total. The Bertz CT molecular complexity index is 1230. The number of aryl methyl sites for hydroxylation is 1. The molecule has 3 rings (SSSR count). The van der Waals surface area contributed by atoms with E-state index >= 15 is 0 Å². The van der Waals surface area contributed by atoms with Gasteiger partial charge in [-0.15, -0.1) is 0 Å². The van der Waals surface area contributed by atoms with Gasteiger partial charge in [-0.3, -0.25) is 9.59 Å². The first-order chi connectivity index (χ1) is 18.8. The Hall–Kier alpha value is -3.22. The van der Waals surface area contributed by atoms with Gasteiger partial charge < -0.3 is 19.7 Å². The van der Waals surface area contributed by atoms with E-state index in [1.807, 2.05) is 62.4 Å². The zero-order chi connectivity index (χ0) is 28.4. The molecule has 0 aromatic heterocycles. The number of hydrogen-bond donors (Lipinski definition) is 1. The van der Waals surface area contributed by atoms with Crippen molar-refractivity contribution in [3.63, 3.8) is 0 Å². The van der Waals surface area contributed by atoms with Gasteiger partial charge in [-0.25, -0.2) is 0 Å². The Morgan fingerprint density at radius 2 is 1.56 bits per heavy atom. The third-order valence-corrected chi connectivity index (χ3v) is 7.45. The van der Waals surface area contributed by atoms with Crippen LogP contribution in [0, 0.1) is 0 Å². The van der Waals surface area contributed by atoms with Crippen molar-refractivity contribution in [3.8, 4) is 11.5 Å². The lowest BCUT2D eigenvalue weighted by Crippen LogP contribution is -2.52. The second-order valence-electron chi connectivity index (χ2n) is 9.43. The monoisotopic (exact) mass is 570 g/mol. The van der Waals surface area contributed by atoms with E-state index in [2.05, 4.69) is 5.32 Å². The van der Waals surface area contributed by atoms with Crippen LogP contribution in [0.2, 0.25) is 10.0 Å². The third-order valence-electron chi connectivity index (χ3n) is 6.74. The van der Waals surface area contributed by atoms with Gasteiger partial charge in [0.25, 0.3) is 0 Å². The number of amides is 2. The molecule has 0 spiro atoms. The fourth-order valence-electron chi connectivity index (χ4n) is 4.28. The highest BCUT2D eigenvalue weighted by molar-refractivity contribution is 6.36. The molecular formula is C31H36Cl2N2O4. The lowest BCUT2D eigenvalue weighted by molar-refractivity contribution is -0.141. The summed E-state index contributed by atoms with van der Waals surface area (Å²) in [5.41, 5.74) is 2.47. The molecule has 0 saturated carbocycles. The molecule has 0 bridgehead atoms. The molecule has 0 fully saturated rings. The van der Waals surface area contributed by atoms with Gasteiger partial charge in [-0.1, -0.05) is 72.6 Å². The highest BCUT2D eigenvalue weighted by atomic mass is 35.5. The van der Waals surface area contributed by atoms with E-state index in [1.165, 1.54) is 0 Å². The molecule has 3 aromatic rings. The molecule has 8 heteroatoms. The number of hydrogen-bond acceptors (Lipinski definition) is 4. The topological polar surface area (TPSA) is 67.9 Å². The van der Waals surface area contributed by atoms with Crippen LogP contribution in [0.15, 0.2) is 66.7 Å². The van der Waals surface area contributed by atoms with Gasteiger partial charge in [0.2, 0.25) is 11.8 Å². The number of carbonyl (C=O) groups excluding carboxylic acids is 2. The maximum Gasteiger partial charge on any atom is 0.243 e. The molecule has 0 unspecified atom stereocenters. The quantitative estimate of drug-likeness (QED) is 0.255. The van der Waals surface area contributed by atoms with Crippen molar-refractivity contribution in [2.45, 2.75) is 58.2 Å². The number of rotatable bonds is 13. The maximum absolute atomic E-state index is 13.9. The van der Waals surface area contributed by atoms with E-state index in [9.17, 15) is 9.59 Å². The van der Waals surface area contributed by atoms with E-state index in [4.69, 9.17) is 32.7 Å². The van der Waals surface area contributed by atoms with Gasteiger partial charge in [0.05, 0.1) is 14.2 Å². The molecular weight excluding hydrogens is 535 g/mol. The summed E-state index contributed by atoms with van der Waals surface area (Å²) in [6.07, 6.45) is 1.76. The van der Waals surface area contributed by atoms with Crippen LogP contribution in [-0.2, 0) is 29.0 Å². The summed E-state index contributed by atoms with van der Waals surface area (Å²) in [6.45, 7) is 4.06. The zero-order valence-electron chi connectivity index (χ0n) is 22.9. The number of ether oxygens (including phenoxy) is 2. The molecule has 2 atom stereocenters. The Labute approximate surface area is 241 Å². The summed E-state index contributed by atoms with van der Waals surface area (Å²) < 4.78 is 10.7. The smallest absolute Gasteiger partial charge is 0.243 e. The van der Waals surface area contributed by atoms with Crippen molar-refractivity contribution in [2.24, 2.45) is 0 Å². The lowest BCUT2D eigenvalue weighted by atomic mass is 10.0. The van der Waals surface area contributed by atoms with Crippen LogP contribution < -0.4 is 14.8 Å². The Kier molecular flexibility index (Phi) is 11.5. The third kappa shape index (κ3) is 8.38. The minimum atomic E-state index is -0.758. The summed E-state index contributed by atoms with van der Waals surface area (Å²) in [5, 5.41) is 3.96. The van der Waals surface area contributed by atoms with E-state index in [1.54, 1.807) is 37.3 Å². The molecule has 3 aromatic carbocycles. The number of benzene rings is 3. The van der Waals surface area contributed by atoms with Crippen molar-refractivity contribution in [1.29, 1.82) is 0 Å². The normalized spacial score (nSPS) is 12.4. The van der Waals surface area contributed by atoms with Crippen LogP contribution in [0.1, 0.15) is 43.4 Å². The van der Waals surface area contributed by atoms with Crippen LogP contribution >= 0.6 is 23.2 Å². The van der Waals surface area contributed by atoms with Crippen molar-refractivity contribution in [1.82, 2.24) is 10.2 Å². The van der Waals surface area contributed by atoms with Gasteiger partial charge in [0.1, 0.15) is 6.04 Å². The van der Waals surface area contributed by atoms with Gasteiger partial charge in [-0.05, 0) is 55.2 Å². The minimum Gasteiger partial charge on any atom is -0.493 e. The molecule has 0 aliphatic carbocycles. The van der Waals surface area contributed by atoms with Crippen LogP contribution in [0.4, 0.5) is 0 Å². The molecule has 0 aliphatic heterocycles. The average Bonchev–Trinajstić information content (AvgIpc) is 2.95. The molecule has 0 aliphatic rings. The highest BCUT2D eigenvalue weighted by Crippen LogP contribution is 2.30. The number of carbonyl (C=O) groups is 2. The van der Waals surface area contributed by atoms with Crippen LogP contribution in [0.5, 0.6) is 11.5 Å². The predicted octanol–water partition coefficient (Wildman–Crippen LogP) is 6.50. The van der Waals surface area contributed by atoms with Gasteiger partial charge in [-0.2, -0.15) is 0 Å². The second kappa shape index (κ2) is 14.8. The first kappa shape index (κ1) is 30.3. The predicted molar refractivity (Wildman–Crippen MR) is 157 cm³/mol. The Morgan fingerprint density at radius 3 is 2.18 bits per heavy atom. The summed E-state index contributed by atoms with van der Waals surface area (Å²) in [5.74, 6) is 0.820. The van der Waals surface area contributed by atoms with Crippen molar-refractivity contribution >= 4 is 35.0 Å². The fraction of sp³-hybridized carbons (Fsp3) is 0.355. The van der Waals surface area contributed by atoms with Gasteiger partial charge in [0, 0.05) is 41.0 Å². The lowest BCUT2D eigenvalue weighted by Gasteiger charge is -2.33. The van der Waals surface area contributed by atoms with Crippen molar-refractivity contribution in [2.75, 3.05) is 14.2 Å². The van der Waals surface area contributed by atoms with E-state index < -0.39 is 6.04 Å². The number of nitrogens with zero attached hydrogens (tertiary/aromatic N) is 1. The van der Waals surface area contributed by atoms with E-state index in [0.29, 0.717) is 39.9 Å². The highest BCUT2D eigenvalue weighted by Gasteiger charge is 2.31. The van der Waals surface area contributed by atoms with Crippen molar-refractivity contribution < 1.29 is 19.1 Å². The molecule has 0 saturated heterocycles. The van der Waals surface area contributed by atoms with Crippen LogP contribution in [-0.4, -0.2) is 43.0 Å². The zero-order valence-corrected chi connectivity index (χ0v) is 24.4. The molecule has 0 radical (unpaired) electrons. The summed E-state index contributed by atoms with van der Waals surface area (Å²) in [4.78, 5) is 29.2. The largest absolute Gasteiger partial charge is 0.493 e. The van der Waals surface area contributed by atoms with E-state index in [0.717, 1.165) is 17.5 Å². The first-order valence-electron chi connectivity index (χ1n) is 13.0. The molecule has 1 N–H and O–H groups in total. The number of nitrogens with one attached hydrogen (secondary N) is 1. The van der Waals surface area contributed by atoms with Crippen molar-refractivity contribution in [3.05, 3.63) is 93.5 Å². The molecule has 208 valence electrons. The SMILES string of the molecule is CC[C@@H](C)NC(=O)[C@H](Cc1ccccc1)N(Cc1c(Cl)cccc1Cl)C(=O)CCc1ccc(OC)c(OC)c1. The number of methoxy groups -OCH3 is 2. The van der Waals surface area contributed by atoms with Gasteiger partial charge in [0.15, 0.2) is 11.5 Å². The van der Waals surface area contributed by atoms with Gasteiger partial charge >= 0.3 is 0 Å². The minimum absolute atomic E-state index is 0.0385. The summed E-state index contributed by atoms with van der Waals surface area (Å²) in [7, 11) is 3.15.